The van der Waals surface area contributed by atoms with Crippen LogP contribution in [0.1, 0.15) is 85.8 Å². The summed E-state index contributed by atoms with van der Waals surface area (Å²) in [5.74, 6) is -4.50. The van der Waals surface area contributed by atoms with Crippen LogP contribution in [0.2, 0.25) is 0 Å². The van der Waals surface area contributed by atoms with Crippen LogP contribution in [-0.2, 0) is 19.2 Å². The van der Waals surface area contributed by atoms with Gasteiger partial charge in [0.05, 0.1) is 29.2 Å². The van der Waals surface area contributed by atoms with Crippen molar-refractivity contribution in [2.45, 2.75) is 92.3 Å². The minimum Gasteiger partial charge on any atom is -0.392 e. The summed E-state index contributed by atoms with van der Waals surface area (Å²) in [7, 11) is 0. The number of fused-ring (bicyclic) bond motifs is 1. The lowest BCUT2D eigenvalue weighted by Gasteiger charge is -2.36. The molecule has 0 bridgehead atoms. The zero-order valence-electron chi connectivity index (χ0n) is 25.0. The zero-order chi connectivity index (χ0) is 30.7. The Hall–Kier alpha value is -2.48. The number of allylic oxidation sites excluding steroid dienone is 3. The van der Waals surface area contributed by atoms with E-state index in [0.717, 1.165) is 5.57 Å². The highest BCUT2D eigenvalue weighted by Gasteiger charge is 2.61. The van der Waals surface area contributed by atoms with Crippen LogP contribution in [0.3, 0.4) is 0 Å². The van der Waals surface area contributed by atoms with Crippen molar-refractivity contribution < 1.29 is 29.4 Å². The summed E-state index contributed by atoms with van der Waals surface area (Å²) in [6, 6.07) is 5.24. The molecular weight excluding hydrogens is 542 g/mol. The molecular formula is C33H44ClNO6. The molecule has 7 unspecified atom stereocenters. The Morgan fingerprint density at radius 2 is 1.78 bits per heavy atom. The Balaban J connectivity index is 2.00. The number of hydrogen-bond acceptors (Lipinski definition) is 7. The van der Waals surface area contributed by atoms with Crippen molar-refractivity contribution >= 4 is 40.8 Å². The largest absolute Gasteiger partial charge is 0.392 e. The molecule has 3 rings (SSSR count). The summed E-state index contributed by atoms with van der Waals surface area (Å²) in [6.45, 7) is 10.7. The van der Waals surface area contributed by atoms with Gasteiger partial charge in [0.25, 0.3) is 0 Å². The van der Waals surface area contributed by atoms with E-state index in [4.69, 9.17) is 11.6 Å². The van der Waals surface area contributed by atoms with Crippen LogP contribution in [-0.4, -0.2) is 50.5 Å². The van der Waals surface area contributed by atoms with Gasteiger partial charge >= 0.3 is 0 Å². The van der Waals surface area contributed by atoms with E-state index < -0.39 is 58.8 Å². The molecule has 41 heavy (non-hydrogen) atoms. The minimum absolute atomic E-state index is 0.0281. The number of rotatable bonds is 4. The average molecular weight is 586 g/mol. The van der Waals surface area contributed by atoms with Crippen LogP contribution in [0.15, 0.2) is 41.1 Å². The fraction of sp³-hybridized carbons (Fsp3) is 0.606. The van der Waals surface area contributed by atoms with Crippen LogP contribution in [0.4, 0.5) is 0 Å². The van der Waals surface area contributed by atoms with Gasteiger partial charge in [0, 0.05) is 34.9 Å². The number of pyridine rings is 1. The van der Waals surface area contributed by atoms with Crippen molar-refractivity contribution in [3.63, 3.8) is 0 Å². The molecule has 2 saturated carbocycles. The number of halogens is 1. The molecule has 2 N–H and O–H groups in total. The van der Waals surface area contributed by atoms with Gasteiger partial charge in [-0.1, -0.05) is 63.4 Å². The number of aliphatic hydroxyl groups excluding tert-OH is 2. The van der Waals surface area contributed by atoms with Gasteiger partial charge in [0.2, 0.25) is 11.6 Å². The minimum atomic E-state index is -1.46. The number of carbonyl (C=O) groups excluding carboxylic acids is 4. The summed E-state index contributed by atoms with van der Waals surface area (Å²) >= 11 is 6.65. The molecule has 224 valence electrons. The second-order valence-corrected chi connectivity index (χ2v) is 13.4. The number of nitrogens with zero attached hydrogens (tertiary/aromatic N) is 1. The molecule has 1 aromatic heterocycles. The molecule has 8 heteroatoms. The van der Waals surface area contributed by atoms with Gasteiger partial charge in [0.15, 0.2) is 0 Å². The van der Waals surface area contributed by atoms with Crippen molar-refractivity contribution in [1.29, 1.82) is 0 Å². The fourth-order valence-electron chi connectivity index (χ4n) is 5.97. The first-order valence-electron chi connectivity index (χ1n) is 14.5. The van der Waals surface area contributed by atoms with E-state index in [0.29, 0.717) is 31.4 Å². The predicted molar refractivity (Wildman–Crippen MR) is 159 cm³/mol. The first-order chi connectivity index (χ1) is 19.1. The lowest BCUT2D eigenvalue weighted by molar-refractivity contribution is -0.146. The van der Waals surface area contributed by atoms with E-state index in [1.54, 1.807) is 38.2 Å². The molecule has 7 nitrogen and oxygen atoms in total. The van der Waals surface area contributed by atoms with Crippen molar-refractivity contribution in [3.8, 4) is 0 Å². The molecule has 7 atom stereocenters. The molecule has 2 fully saturated rings. The highest BCUT2D eigenvalue weighted by molar-refractivity contribution is 6.43. The van der Waals surface area contributed by atoms with Gasteiger partial charge in [-0.2, -0.15) is 0 Å². The number of hydrogen-bond donors (Lipinski definition) is 2. The normalized spacial score (nSPS) is 33.7. The van der Waals surface area contributed by atoms with Crippen molar-refractivity contribution in [1.82, 2.24) is 4.98 Å². The number of aromatic nitrogens is 1. The summed E-state index contributed by atoms with van der Waals surface area (Å²) in [5, 5.41) is 22.6. The van der Waals surface area contributed by atoms with Crippen LogP contribution < -0.4 is 0 Å². The highest BCUT2D eigenvalue weighted by atomic mass is 35.5. The van der Waals surface area contributed by atoms with E-state index in [-0.39, 0.29) is 28.9 Å². The predicted octanol–water partition coefficient (Wildman–Crippen LogP) is 5.51. The van der Waals surface area contributed by atoms with E-state index in [2.05, 4.69) is 4.98 Å². The van der Waals surface area contributed by atoms with E-state index >= 15 is 0 Å². The maximum atomic E-state index is 13.8. The third-order valence-corrected chi connectivity index (χ3v) is 9.62. The molecule has 0 aliphatic heterocycles. The fourth-order valence-corrected chi connectivity index (χ4v) is 6.27. The Kier molecular flexibility index (Phi) is 10.7. The Bertz CT molecular complexity index is 1220. The second kappa shape index (κ2) is 13.2. The highest BCUT2D eigenvalue weighted by Crippen LogP contribution is 2.55. The van der Waals surface area contributed by atoms with Gasteiger partial charge < -0.3 is 10.2 Å². The van der Waals surface area contributed by atoms with Crippen LogP contribution >= 0.6 is 11.6 Å². The number of ketones is 4. The number of carbonyl (C=O) groups is 4. The van der Waals surface area contributed by atoms with Crippen LogP contribution in [0.5, 0.6) is 0 Å². The molecule has 2 aliphatic rings. The third kappa shape index (κ3) is 7.49. The topological polar surface area (TPSA) is 122 Å². The molecule has 0 saturated heterocycles. The third-order valence-electron chi connectivity index (χ3n) is 9.25. The summed E-state index contributed by atoms with van der Waals surface area (Å²) < 4.78 is 0. The smallest absolute Gasteiger partial charge is 0.206 e. The Morgan fingerprint density at radius 3 is 2.39 bits per heavy atom. The second-order valence-electron chi connectivity index (χ2n) is 13.0. The molecule has 1 aromatic rings. The van der Waals surface area contributed by atoms with Gasteiger partial charge in [-0.05, 0) is 63.7 Å². The standard InChI is InChI=1S/C33H44ClNO6/c1-19(2)12-13-22-28(38)20(3)10-9-14-33(6)24(31(33)41)17-23(25(34)16-21-11-7-8-15-35-21)29(39)26(36)18-27(37)32(4,5)30(22)40/h7-8,11-12,15-16,20,22-24,27-28,37-38H,9-10,13-14,17-18H2,1-6H3. The van der Waals surface area contributed by atoms with E-state index in [9.17, 15) is 29.4 Å². The lowest BCUT2D eigenvalue weighted by Crippen LogP contribution is -2.47. The summed E-state index contributed by atoms with van der Waals surface area (Å²) in [4.78, 5) is 57.9. The summed E-state index contributed by atoms with van der Waals surface area (Å²) in [5.41, 5.74) is -0.542. The van der Waals surface area contributed by atoms with Crippen molar-refractivity contribution in [2.75, 3.05) is 0 Å². The zero-order valence-corrected chi connectivity index (χ0v) is 25.8. The maximum Gasteiger partial charge on any atom is 0.206 e. The SMILES string of the molecule is CC(C)=CCC1C(=O)C(C)(C)C(O)CC(=O)C(=O)C(C(Cl)=Cc2ccccn2)CC2C(=O)C2(C)CCCC(C)C1O. The molecule has 0 radical (unpaired) electrons. The molecule has 2 aliphatic carbocycles. The molecule has 1 heterocycles. The van der Waals surface area contributed by atoms with E-state index in [1.165, 1.54) is 6.08 Å². The van der Waals surface area contributed by atoms with Crippen molar-refractivity contribution in [2.24, 2.45) is 34.5 Å². The molecule has 0 aromatic carbocycles. The summed E-state index contributed by atoms with van der Waals surface area (Å²) in [6.07, 6.45) is 4.23. The van der Waals surface area contributed by atoms with Gasteiger partial charge in [0.1, 0.15) is 11.6 Å². The molecule has 0 amide bonds. The quantitative estimate of drug-likeness (QED) is 0.353. The first-order valence-corrected chi connectivity index (χ1v) is 14.9. The van der Waals surface area contributed by atoms with Crippen molar-refractivity contribution in [3.05, 3.63) is 46.8 Å². The van der Waals surface area contributed by atoms with Gasteiger partial charge in [-0.25, -0.2) is 0 Å². The lowest BCUT2D eigenvalue weighted by atomic mass is 9.70. The Morgan fingerprint density at radius 1 is 1.10 bits per heavy atom. The molecule has 0 spiro atoms. The Labute approximate surface area is 248 Å². The van der Waals surface area contributed by atoms with Gasteiger partial charge in [-0.3, -0.25) is 24.2 Å². The van der Waals surface area contributed by atoms with Crippen LogP contribution in [0.25, 0.3) is 6.08 Å². The van der Waals surface area contributed by atoms with Gasteiger partial charge in [-0.15, -0.1) is 0 Å². The maximum absolute atomic E-state index is 13.8. The monoisotopic (exact) mass is 585 g/mol. The van der Waals surface area contributed by atoms with E-state index in [1.807, 2.05) is 33.8 Å². The number of aliphatic hydroxyl groups is 2. The average Bonchev–Trinajstić information content (AvgIpc) is 3.43. The van der Waals surface area contributed by atoms with Crippen LogP contribution in [0, 0.1) is 34.5 Å². The first kappa shape index (κ1) is 33.0. The number of Topliss-reactive ketones (excluding diaryl/α,β-unsaturated/α-hetero) is 4.